The van der Waals surface area contributed by atoms with Gasteiger partial charge in [0.05, 0.1) is 25.4 Å². The van der Waals surface area contributed by atoms with Crippen LogP contribution in [-0.2, 0) is 23.8 Å². The van der Waals surface area contributed by atoms with Crippen LogP contribution < -0.4 is 5.32 Å². The predicted molar refractivity (Wildman–Crippen MR) is 379 cm³/mol. The number of ether oxygens (including phenoxy) is 3. The maximum Gasteiger partial charge on any atom is 0.306 e. The van der Waals surface area contributed by atoms with Gasteiger partial charge >= 0.3 is 5.97 Å². The molecule has 8 unspecified atom stereocenters. The molecule has 1 aliphatic rings. The van der Waals surface area contributed by atoms with Crippen molar-refractivity contribution in [3.63, 3.8) is 0 Å². The number of amides is 1. The first-order valence-corrected chi connectivity index (χ1v) is 37.9. The molecule has 0 aromatic heterocycles. The molecule has 0 spiro atoms. The van der Waals surface area contributed by atoms with Crippen molar-refractivity contribution in [3.8, 4) is 0 Å². The number of aliphatic hydroxyl groups is 5. The van der Waals surface area contributed by atoms with Crippen LogP contribution in [0.1, 0.15) is 342 Å². The minimum Gasteiger partial charge on any atom is -0.454 e. The van der Waals surface area contributed by atoms with Gasteiger partial charge in [-0.1, -0.05) is 343 Å². The molecule has 0 aromatic rings. The lowest BCUT2D eigenvalue weighted by atomic mass is 9.99. The van der Waals surface area contributed by atoms with E-state index in [9.17, 15) is 35.1 Å². The van der Waals surface area contributed by atoms with E-state index in [-0.39, 0.29) is 13.0 Å². The van der Waals surface area contributed by atoms with E-state index in [0.29, 0.717) is 19.3 Å². The van der Waals surface area contributed by atoms with Gasteiger partial charge < -0.3 is 45.1 Å². The van der Waals surface area contributed by atoms with Crippen molar-refractivity contribution >= 4 is 11.9 Å². The zero-order valence-electron chi connectivity index (χ0n) is 58.2. The molecule has 1 saturated heterocycles. The minimum absolute atomic E-state index is 0.104. The summed E-state index contributed by atoms with van der Waals surface area (Å²) in [6.07, 6.45) is 77.7. The summed E-state index contributed by atoms with van der Waals surface area (Å²) in [7, 11) is 0. The second kappa shape index (κ2) is 65.9. The normalized spacial score (nSPS) is 18.5. The maximum atomic E-state index is 13.5. The average molecular weight is 1260 g/mol. The zero-order chi connectivity index (χ0) is 65.3. The lowest BCUT2D eigenvalue weighted by molar-refractivity contribution is -0.305. The molecule has 0 bridgehead atoms. The molecule has 1 rings (SSSR count). The van der Waals surface area contributed by atoms with Gasteiger partial charge in [-0.3, -0.25) is 9.59 Å². The van der Waals surface area contributed by atoms with E-state index in [1.54, 1.807) is 6.08 Å². The summed E-state index contributed by atoms with van der Waals surface area (Å²) in [4.78, 5) is 26.7. The van der Waals surface area contributed by atoms with Crippen LogP contribution in [-0.4, -0.2) is 99.6 Å². The molecule has 90 heavy (non-hydrogen) atoms. The molecule has 6 N–H and O–H groups in total. The summed E-state index contributed by atoms with van der Waals surface area (Å²) in [5.74, 6) is -1.20. The van der Waals surface area contributed by atoms with Crippen LogP contribution in [0.3, 0.4) is 0 Å². The van der Waals surface area contributed by atoms with Gasteiger partial charge in [-0.2, -0.15) is 0 Å². The topological polar surface area (TPSA) is 175 Å². The Morgan fingerprint density at radius 2 is 0.800 bits per heavy atom. The van der Waals surface area contributed by atoms with Crippen LogP contribution in [0.5, 0.6) is 0 Å². The highest BCUT2D eigenvalue weighted by molar-refractivity contribution is 5.80. The van der Waals surface area contributed by atoms with E-state index in [1.165, 1.54) is 180 Å². The number of carbonyl (C=O) groups excluding carboxylic acids is 2. The Hall–Kier alpha value is -3.16. The van der Waals surface area contributed by atoms with E-state index in [2.05, 4.69) is 99.0 Å². The van der Waals surface area contributed by atoms with Crippen molar-refractivity contribution in [1.82, 2.24) is 5.32 Å². The highest BCUT2D eigenvalue weighted by Crippen LogP contribution is 2.26. The molecule has 8 atom stereocenters. The standard InChI is InChI=1S/C79H141NO10/c1-4-7-10-13-16-19-22-25-27-29-31-33-35-37-39-41-43-45-47-49-52-55-58-61-64-67-74(84)90-77-76(86)75(85)73(68-81)89-79(77)88-69-70(71(82)65-62-59-56-53-50-24-21-18-15-12-9-6-3)80-78(87)72(83)66-63-60-57-54-51-48-46-44-42-40-38-36-34-32-30-28-26-23-20-17-14-11-8-5-2/h7,10,16,19,25,27,31,33,37,39,43,45,62,65,70-73,75-77,79,81-83,85-86H,4-6,8-9,11-15,17-18,20-24,26,28-30,32,34-36,38,40-42,44,46-61,63-64,66-69H2,1-3H3,(H,80,87)/b10-7-,19-16-,27-25-,33-31-,39-37-,45-43-,65-62+. The summed E-state index contributed by atoms with van der Waals surface area (Å²) in [5, 5.41) is 57.3. The monoisotopic (exact) mass is 1260 g/mol. The van der Waals surface area contributed by atoms with Crippen molar-refractivity contribution in [3.05, 3.63) is 85.1 Å². The molecule has 1 heterocycles. The first-order valence-electron chi connectivity index (χ1n) is 37.9. The Morgan fingerprint density at radius 3 is 1.20 bits per heavy atom. The zero-order valence-corrected chi connectivity index (χ0v) is 58.2. The van der Waals surface area contributed by atoms with Gasteiger partial charge in [0.2, 0.25) is 5.91 Å². The summed E-state index contributed by atoms with van der Waals surface area (Å²) in [6, 6.07) is -1.03. The maximum absolute atomic E-state index is 13.5. The lowest BCUT2D eigenvalue weighted by Gasteiger charge is -2.41. The van der Waals surface area contributed by atoms with Gasteiger partial charge in [0.15, 0.2) is 12.4 Å². The van der Waals surface area contributed by atoms with Crippen LogP contribution in [0.2, 0.25) is 0 Å². The van der Waals surface area contributed by atoms with Gasteiger partial charge in [0.1, 0.15) is 24.4 Å². The van der Waals surface area contributed by atoms with Gasteiger partial charge in [-0.15, -0.1) is 0 Å². The SMILES string of the molecule is CC/C=C\C/C=C\C/C=C\C/C=C\C/C=C\C/C=C\CCCCCCCCC(=O)OC1C(OCC(NC(=O)C(O)CCCCCCCCCCCCCCCCCCCCCCCCCC)C(O)/C=C/CCCCCCCCCCCC)OC(CO)C(O)C1O. The predicted octanol–water partition coefficient (Wildman–Crippen LogP) is 20.0. The molecule has 522 valence electrons. The largest absolute Gasteiger partial charge is 0.454 e. The van der Waals surface area contributed by atoms with E-state index in [4.69, 9.17) is 14.2 Å². The fourth-order valence-corrected chi connectivity index (χ4v) is 11.7. The molecule has 0 aliphatic carbocycles. The smallest absolute Gasteiger partial charge is 0.306 e. The second-order valence-electron chi connectivity index (χ2n) is 26.0. The number of rotatable bonds is 65. The molecule has 1 fully saturated rings. The molecule has 1 aliphatic heterocycles. The number of nitrogens with one attached hydrogen (secondary N) is 1. The van der Waals surface area contributed by atoms with Crippen LogP contribution in [0, 0.1) is 0 Å². The third kappa shape index (κ3) is 52.2. The summed E-state index contributed by atoms with van der Waals surface area (Å²) < 4.78 is 17.7. The van der Waals surface area contributed by atoms with Crippen molar-refractivity contribution in [2.24, 2.45) is 0 Å². The van der Waals surface area contributed by atoms with E-state index in [1.807, 2.05) is 6.08 Å². The van der Waals surface area contributed by atoms with Crippen molar-refractivity contribution in [2.75, 3.05) is 13.2 Å². The van der Waals surface area contributed by atoms with Gasteiger partial charge in [0, 0.05) is 6.42 Å². The summed E-state index contributed by atoms with van der Waals surface area (Å²) in [5.41, 5.74) is 0. The van der Waals surface area contributed by atoms with Gasteiger partial charge in [0.25, 0.3) is 0 Å². The van der Waals surface area contributed by atoms with Crippen LogP contribution >= 0.6 is 0 Å². The van der Waals surface area contributed by atoms with Crippen LogP contribution in [0.15, 0.2) is 85.1 Å². The number of allylic oxidation sites excluding steroid dienone is 13. The molecule has 1 amide bonds. The molecular formula is C79H141NO10. The van der Waals surface area contributed by atoms with Gasteiger partial charge in [-0.05, 0) is 77.0 Å². The molecule has 0 radical (unpaired) electrons. The van der Waals surface area contributed by atoms with E-state index < -0.39 is 67.4 Å². The Morgan fingerprint density at radius 1 is 0.444 bits per heavy atom. The van der Waals surface area contributed by atoms with Crippen molar-refractivity contribution in [1.29, 1.82) is 0 Å². The Labute approximate surface area is 553 Å². The number of unbranched alkanes of at least 4 members (excludes halogenated alkanes) is 39. The van der Waals surface area contributed by atoms with Crippen molar-refractivity contribution < 1.29 is 49.3 Å². The van der Waals surface area contributed by atoms with E-state index >= 15 is 0 Å². The van der Waals surface area contributed by atoms with E-state index in [0.717, 1.165) is 116 Å². The highest BCUT2D eigenvalue weighted by Gasteiger charge is 2.47. The fraction of sp³-hybridized carbons (Fsp3) is 0.797. The quantitative estimate of drug-likeness (QED) is 0.0195. The van der Waals surface area contributed by atoms with Crippen molar-refractivity contribution in [2.45, 2.75) is 391 Å². The first kappa shape index (κ1) is 84.9. The Balaban J connectivity index is 2.55. The number of esters is 1. The first-order chi connectivity index (χ1) is 44.2. The highest BCUT2D eigenvalue weighted by atomic mass is 16.7. The second-order valence-corrected chi connectivity index (χ2v) is 26.0. The average Bonchev–Trinajstić information content (AvgIpc) is 1.18. The number of hydrogen-bond acceptors (Lipinski definition) is 10. The fourth-order valence-electron chi connectivity index (χ4n) is 11.7. The molecule has 11 nitrogen and oxygen atoms in total. The number of hydrogen-bond donors (Lipinski definition) is 6. The van der Waals surface area contributed by atoms with Gasteiger partial charge in [-0.25, -0.2) is 0 Å². The third-order valence-corrected chi connectivity index (χ3v) is 17.6. The lowest BCUT2D eigenvalue weighted by Crippen LogP contribution is -2.61. The minimum atomic E-state index is -1.62. The number of carbonyl (C=O) groups is 2. The Bertz CT molecular complexity index is 1790. The summed E-state index contributed by atoms with van der Waals surface area (Å²) in [6.45, 7) is 5.72. The van der Waals surface area contributed by atoms with Crippen LogP contribution in [0.25, 0.3) is 0 Å². The molecule has 0 aromatic carbocycles. The summed E-state index contributed by atoms with van der Waals surface area (Å²) >= 11 is 0. The molecule has 0 saturated carbocycles. The molecular weight excluding hydrogens is 1120 g/mol. The third-order valence-electron chi connectivity index (χ3n) is 17.6. The Kier molecular flexibility index (Phi) is 62.1. The molecule has 11 heteroatoms. The number of aliphatic hydroxyl groups excluding tert-OH is 5. The van der Waals surface area contributed by atoms with Crippen LogP contribution in [0.4, 0.5) is 0 Å².